The predicted octanol–water partition coefficient (Wildman–Crippen LogP) is 4.47. The van der Waals surface area contributed by atoms with Crippen molar-refractivity contribution in [2.45, 2.75) is 0 Å². The van der Waals surface area contributed by atoms with Crippen LogP contribution in [0.2, 0.25) is 0 Å². The fraction of sp³-hybridized carbons (Fsp3) is 0.130. The van der Waals surface area contributed by atoms with E-state index in [-0.39, 0.29) is 5.91 Å². The number of pyridine rings is 1. The third kappa shape index (κ3) is 4.73. The number of amides is 1. The number of rotatable bonds is 8. The molecule has 1 aromatic heterocycles. The van der Waals surface area contributed by atoms with E-state index in [4.69, 9.17) is 14.2 Å². The van der Waals surface area contributed by atoms with Crippen LogP contribution >= 0.6 is 0 Å². The fourth-order valence-corrected chi connectivity index (χ4v) is 2.82. The van der Waals surface area contributed by atoms with E-state index in [9.17, 15) is 4.79 Å². The van der Waals surface area contributed by atoms with Crippen LogP contribution in [0.25, 0.3) is 17.0 Å². The topological polar surface area (TPSA) is 69.7 Å². The molecule has 148 valence electrons. The lowest BCUT2D eigenvalue weighted by Gasteiger charge is -2.10. The van der Waals surface area contributed by atoms with E-state index in [1.807, 2.05) is 18.2 Å². The Morgan fingerprint density at radius 3 is 2.66 bits per heavy atom. The first-order valence-corrected chi connectivity index (χ1v) is 8.98. The molecule has 6 nitrogen and oxygen atoms in total. The van der Waals surface area contributed by atoms with Gasteiger partial charge in [-0.3, -0.25) is 9.78 Å². The number of aromatic nitrogens is 1. The number of hydrogen-bond acceptors (Lipinski definition) is 5. The van der Waals surface area contributed by atoms with E-state index in [1.54, 1.807) is 56.8 Å². The lowest BCUT2D eigenvalue weighted by atomic mass is 10.1. The summed E-state index contributed by atoms with van der Waals surface area (Å²) in [5, 5.41) is 3.69. The molecule has 0 aliphatic rings. The Kier molecular flexibility index (Phi) is 6.47. The minimum Gasteiger partial charge on any atom is -0.494 e. The average molecular weight is 390 g/mol. The van der Waals surface area contributed by atoms with Gasteiger partial charge in [0.15, 0.2) is 11.5 Å². The highest BCUT2D eigenvalue weighted by Crippen LogP contribution is 2.30. The van der Waals surface area contributed by atoms with Gasteiger partial charge in [0.1, 0.15) is 17.9 Å². The van der Waals surface area contributed by atoms with Crippen LogP contribution in [0, 0.1) is 0 Å². The Labute approximate surface area is 169 Å². The Balaban J connectivity index is 1.77. The fourth-order valence-electron chi connectivity index (χ4n) is 2.82. The monoisotopic (exact) mass is 390 g/mol. The van der Waals surface area contributed by atoms with Gasteiger partial charge in [0.2, 0.25) is 5.91 Å². The molecule has 0 atom stereocenters. The van der Waals surface area contributed by atoms with Gasteiger partial charge in [0.25, 0.3) is 0 Å². The van der Waals surface area contributed by atoms with Gasteiger partial charge in [0, 0.05) is 17.7 Å². The molecule has 0 saturated carbocycles. The number of nitrogens with zero attached hydrogens (tertiary/aromatic N) is 1. The molecule has 29 heavy (non-hydrogen) atoms. The molecular formula is C23H22N2O4. The Hall–Kier alpha value is -3.80. The molecule has 0 fully saturated rings. The van der Waals surface area contributed by atoms with E-state index in [1.165, 1.54) is 6.08 Å². The van der Waals surface area contributed by atoms with Crippen molar-refractivity contribution in [1.82, 2.24) is 4.98 Å². The SMILES string of the molecule is C=CCOc1ccc(C=CC(=O)Nc2ccc(OC)c3ncccc23)cc1OC. The van der Waals surface area contributed by atoms with Crippen LogP contribution in [-0.4, -0.2) is 31.7 Å². The summed E-state index contributed by atoms with van der Waals surface area (Å²) in [5.41, 5.74) is 2.16. The third-order valence-electron chi connectivity index (χ3n) is 4.18. The Bertz CT molecular complexity index is 1060. The van der Waals surface area contributed by atoms with Gasteiger partial charge in [-0.1, -0.05) is 18.7 Å². The van der Waals surface area contributed by atoms with Crippen molar-refractivity contribution in [2.75, 3.05) is 26.1 Å². The molecule has 1 amide bonds. The summed E-state index contributed by atoms with van der Waals surface area (Å²) in [5.74, 6) is 1.60. The quantitative estimate of drug-likeness (QED) is 0.454. The maximum Gasteiger partial charge on any atom is 0.248 e. The predicted molar refractivity (Wildman–Crippen MR) is 115 cm³/mol. The van der Waals surface area contributed by atoms with Crippen LogP contribution in [0.4, 0.5) is 5.69 Å². The van der Waals surface area contributed by atoms with Gasteiger partial charge in [-0.15, -0.1) is 0 Å². The molecule has 1 N–H and O–H groups in total. The van der Waals surface area contributed by atoms with Crippen molar-refractivity contribution in [3.63, 3.8) is 0 Å². The summed E-state index contributed by atoms with van der Waals surface area (Å²) in [7, 11) is 3.16. The number of carbonyl (C=O) groups excluding carboxylic acids is 1. The lowest BCUT2D eigenvalue weighted by molar-refractivity contribution is -0.111. The average Bonchev–Trinajstić information content (AvgIpc) is 2.76. The standard InChI is InChI=1S/C23H22N2O4/c1-4-14-29-19-10-7-16(15-21(19)28-3)8-12-22(26)25-18-9-11-20(27-2)23-17(18)6-5-13-24-23/h4-13,15H,1,14H2,2-3H3,(H,25,26). The highest BCUT2D eigenvalue weighted by Gasteiger charge is 2.09. The van der Waals surface area contributed by atoms with Crippen LogP contribution in [-0.2, 0) is 4.79 Å². The van der Waals surface area contributed by atoms with Crippen LogP contribution in [0.3, 0.4) is 0 Å². The van der Waals surface area contributed by atoms with Gasteiger partial charge >= 0.3 is 0 Å². The van der Waals surface area contributed by atoms with Crippen molar-refractivity contribution < 1.29 is 19.0 Å². The zero-order valence-corrected chi connectivity index (χ0v) is 16.3. The number of carbonyl (C=O) groups is 1. The molecule has 0 bridgehead atoms. The van der Waals surface area contributed by atoms with Crippen LogP contribution < -0.4 is 19.5 Å². The van der Waals surface area contributed by atoms with Gasteiger partial charge in [-0.05, 0) is 48.0 Å². The maximum atomic E-state index is 12.4. The van der Waals surface area contributed by atoms with Gasteiger partial charge in [-0.25, -0.2) is 0 Å². The van der Waals surface area contributed by atoms with Gasteiger partial charge in [-0.2, -0.15) is 0 Å². The van der Waals surface area contributed by atoms with Gasteiger partial charge < -0.3 is 19.5 Å². The lowest BCUT2D eigenvalue weighted by Crippen LogP contribution is -2.08. The normalized spacial score (nSPS) is 10.7. The Morgan fingerprint density at radius 1 is 1.10 bits per heavy atom. The number of anilines is 1. The molecule has 6 heteroatoms. The molecule has 0 spiro atoms. The van der Waals surface area contributed by atoms with Crippen molar-refractivity contribution in [2.24, 2.45) is 0 Å². The first-order valence-electron chi connectivity index (χ1n) is 8.98. The number of nitrogens with one attached hydrogen (secondary N) is 1. The van der Waals surface area contributed by atoms with E-state index < -0.39 is 0 Å². The molecule has 0 aliphatic heterocycles. The third-order valence-corrected chi connectivity index (χ3v) is 4.18. The largest absolute Gasteiger partial charge is 0.494 e. The number of fused-ring (bicyclic) bond motifs is 1. The molecule has 0 aliphatic carbocycles. The smallest absolute Gasteiger partial charge is 0.248 e. The molecule has 0 radical (unpaired) electrons. The van der Waals surface area contributed by atoms with E-state index >= 15 is 0 Å². The molecule has 2 aromatic carbocycles. The minimum absolute atomic E-state index is 0.258. The van der Waals surface area contributed by atoms with Crippen LogP contribution in [0.5, 0.6) is 17.2 Å². The molecular weight excluding hydrogens is 368 g/mol. The summed E-state index contributed by atoms with van der Waals surface area (Å²) in [4.78, 5) is 16.8. The molecule has 3 aromatic rings. The second kappa shape index (κ2) is 9.41. The molecule has 0 saturated heterocycles. The highest BCUT2D eigenvalue weighted by atomic mass is 16.5. The zero-order chi connectivity index (χ0) is 20.6. The number of ether oxygens (including phenoxy) is 3. The van der Waals surface area contributed by atoms with E-state index in [0.29, 0.717) is 35.1 Å². The maximum absolute atomic E-state index is 12.4. The van der Waals surface area contributed by atoms with Crippen LogP contribution in [0.1, 0.15) is 5.56 Å². The molecule has 1 heterocycles. The second-order valence-electron chi connectivity index (χ2n) is 6.05. The number of methoxy groups -OCH3 is 2. The molecule has 3 rings (SSSR count). The summed E-state index contributed by atoms with van der Waals surface area (Å²) >= 11 is 0. The van der Waals surface area contributed by atoms with E-state index in [2.05, 4.69) is 16.9 Å². The first kappa shape index (κ1) is 19.9. The summed E-state index contributed by atoms with van der Waals surface area (Å²) in [6.07, 6.45) is 6.52. The highest BCUT2D eigenvalue weighted by molar-refractivity contribution is 6.07. The van der Waals surface area contributed by atoms with Crippen molar-refractivity contribution in [3.05, 3.63) is 73.0 Å². The zero-order valence-electron chi connectivity index (χ0n) is 16.3. The van der Waals surface area contributed by atoms with Crippen LogP contribution in [0.15, 0.2) is 67.4 Å². The number of benzene rings is 2. The summed E-state index contributed by atoms with van der Waals surface area (Å²) in [6, 6.07) is 12.7. The van der Waals surface area contributed by atoms with Crippen molar-refractivity contribution >= 4 is 28.6 Å². The summed E-state index contributed by atoms with van der Waals surface area (Å²) in [6.45, 7) is 4.02. The minimum atomic E-state index is -0.258. The van der Waals surface area contributed by atoms with E-state index in [0.717, 1.165) is 10.9 Å². The van der Waals surface area contributed by atoms with Crippen molar-refractivity contribution in [3.8, 4) is 17.2 Å². The van der Waals surface area contributed by atoms with Crippen molar-refractivity contribution in [1.29, 1.82) is 0 Å². The number of hydrogen-bond donors (Lipinski definition) is 1. The van der Waals surface area contributed by atoms with Gasteiger partial charge in [0.05, 0.1) is 19.9 Å². The second-order valence-corrected chi connectivity index (χ2v) is 6.05. The molecule has 0 unspecified atom stereocenters. The summed E-state index contributed by atoms with van der Waals surface area (Å²) < 4.78 is 16.2. The Morgan fingerprint density at radius 2 is 1.90 bits per heavy atom. The first-order chi connectivity index (χ1) is 14.2.